The van der Waals surface area contributed by atoms with E-state index in [1.807, 2.05) is 12.1 Å². The van der Waals surface area contributed by atoms with Gasteiger partial charge in [-0.05, 0) is 30.5 Å². The molecule has 1 aromatic carbocycles. The van der Waals surface area contributed by atoms with Crippen molar-refractivity contribution in [1.82, 2.24) is 0 Å². The molecule has 1 aliphatic heterocycles. The van der Waals surface area contributed by atoms with E-state index < -0.39 is 0 Å². The molecule has 1 aromatic heterocycles. The minimum atomic E-state index is -0.309. The molecular formula is C17H20O4S. The van der Waals surface area contributed by atoms with Crippen LogP contribution in [0.25, 0.3) is 10.1 Å². The van der Waals surface area contributed by atoms with Crippen LogP contribution in [0.15, 0.2) is 24.3 Å². The maximum absolute atomic E-state index is 11.8. The van der Waals surface area contributed by atoms with E-state index in [1.54, 1.807) is 24.3 Å². The van der Waals surface area contributed by atoms with Crippen LogP contribution in [-0.2, 0) is 14.2 Å². The highest BCUT2D eigenvalue weighted by Crippen LogP contribution is 2.37. The first kappa shape index (κ1) is 15.5. The standard InChI is InChI=1S/C17H20O4S/c1-4-19-15(18)12-6-5-11-7-14(22-13(11)8-12)16-20-9-17(2,3)10-21-16/h5-8,16H,4,9-10H2,1-3H3. The van der Waals surface area contributed by atoms with E-state index in [-0.39, 0.29) is 17.7 Å². The lowest BCUT2D eigenvalue weighted by atomic mass is 9.95. The van der Waals surface area contributed by atoms with Gasteiger partial charge in [-0.25, -0.2) is 4.79 Å². The van der Waals surface area contributed by atoms with Gasteiger partial charge in [0, 0.05) is 10.1 Å². The van der Waals surface area contributed by atoms with Gasteiger partial charge in [0.05, 0.1) is 30.3 Å². The molecule has 0 unspecified atom stereocenters. The summed E-state index contributed by atoms with van der Waals surface area (Å²) in [4.78, 5) is 12.8. The van der Waals surface area contributed by atoms with Gasteiger partial charge in [0.15, 0.2) is 6.29 Å². The summed E-state index contributed by atoms with van der Waals surface area (Å²) in [6.45, 7) is 7.80. The Morgan fingerprint density at radius 1 is 1.32 bits per heavy atom. The Bertz CT molecular complexity index is 679. The lowest BCUT2D eigenvalue weighted by Crippen LogP contribution is -2.33. The maximum atomic E-state index is 11.8. The lowest BCUT2D eigenvalue weighted by molar-refractivity contribution is -0.224. The largest absolute Gasteiger partial charge is 0.462 e. The first-order chi connectivity index (χ1) is 10.5. The molecule has 4 nitrogen and oxygen atoms in total. The summed E-state index contributed by atoms with van der Waals surface area (Å²) >= 11 is 1.60. The number of hydrogen-bond acceptors (Lipinski definition) is 5. The van der Waals surface area contributed by atoms with E-state index in [0.29, 0.717) is 25.4 Å². The molecule has 0 aliphatic carbocycles. The molecule has 0 atom stereocenters. The van der Waals surface area contributed by atoms with Crippen LogP contribution in [0.3, 0.4) is 0 Å². The van der Waals surface area contributed by atoms with Crippen molar-refractivity contribution in [3.05, 3.63) is 34.7 Å². The van der Waals surface area contributed by atoms with Crippen LogP contribution in [0.1, 0.15) is 42.3 Å². The van der Waals surface area contributed by atoms with E-state index >= 15 is 0 Å². The quantitative estimate of drug-likeness (QED) is 0.797. The fourth-order valence-corrected chi connectivity index (χ4v) is 3.47. The van der Waals surface area contributed by atoms with E-state index in [9.17, 15) is 4.79 Å². The minimum Gasteiger partial charge on any atom is -0.462 e. The van der Waals surface area contributed by atoms with Crippen molar-refractivity contribution in [3.63, 3.8) is 0 Å². The molecule has 2 heterocycles. The Kier molecular flexibility index (Phi) is 4.21. The molecule has 0 N–H and O–H groups in total. The Morgan fingerprint density at radius 3 is 2.73 bits per heavy atom. The molecule has 0 amide bonds. The average molecular weight is 320 g/mol. The molecular weight excluding hydrogens is 300 g/mol. The number of esters is 1. The van der Waals surface area contributed by atoms with Gasteiger partial charge in [0.25, 0.3) is 0 Å². The van der Waals surface area contributed by atoms with Crippen molar-refractivity contribution in [2.45, 2.75) is 27.1 Å². The maximum Gasteiger partial charge on any atom is 0.338 e. The number of rotatable bonds is 3. The average Bonchev–Trinajstić information content (AvgIpc) is 2.90. The summed E-state index contributed by atoms with van der Waals surface area (Å²) < 4.78 is 17.7. The number of ether oxygens (including phenoxy) is 3. The number of carbonyl (C=O) groups excluding carboxylic acids is 1. The van der Waals surface area contributed by atoms with Gasteiger partial charge in [-0.3, -0.25) is 0 Å². The summed E-state index contributed by atoms with van der Waals surface area (Å²) in [6.07, 6.45) is -0.309. The van der Waals surface area contributed by atoms with Crippen LogP contribution < -0.4 is 0 Å². The van der Waals surface area contributed by atoms with Gasteiger partial charge in [-0.2, -0.15) is 0 Å². The second-order valence-electron chi connectivity index (χ2n) is 6.24. The Morgan fingerprint density at radius 2 is 2.05 bits per heavy atom. The van der Waals surface area contributed by atoms with Crippen LogP contribution in [0.4, 0.5) is 0 Å². The number of carbonyl (C=O) groups is 1. The smallest absolute Gasteiger partial charge is 0.338 e. The summed E-state index contributed by atoms with van der Waals surface area (Å²) in [5.41, 5.74) is 0.638. The highest BCUT2D eigenvalue weighted by molar-refractivity contribution is 7.19. The Labute approximate surface area is 134 Å². The molecule has 0 saturated carbocycles. The van der Waals surface area contributed by atoms with Crippen LogP contribution in [-0.4, -0.2) is 25.8 Å². The molecule has 3 rings (SSSR count). The van der Waals surface area contributed by atoms with E-state index in [4.69, 9.17) is 14.2 Å². The SMILES string of the molecule is CCOC(=O)c1ccc2cc(C3OCC(C)(C)CO3)sc2c1. The summed E-state index contributed by atoms with van der Waals surface area (Å²) in [5, 5.41) is 1.09. The van der Waals surface area contributed by atoms with Gasteiger partial charge in [-0.15, -0.1) is 11.3 Å². The molecule has 2 aromatic rings. The molecule has 118 valence electrons. The van der Waals surface area contributed by atoms with Gasteiger partial charge >= 0.3 is 5.97 Å². The first-order valence-electron chi connectivity index (χ1n) is 7.42. The second-order valence-corrected chi connectivity index (χ2v) is 7.36. The van der Waals surface area contributed by atoms with E-state index in [2.05, 4.69) is 19.9 Å². The Balaban J connectivity index is 1.83. The second kappa shape index (κ2) is 5.99. The van der Waals surface area contributed by atoms with Crippen molar-refractivity contribution in [1.29, 1.82) is 0 Å². The third kappa shape index (κ3) is 3.16. The zero-order valence-electron chi connectivity index (χ0n) is 13.0. The van der Waals surface area contributed by atoms with Gasteiger partial charge < -0.3 is 14.2 Å². The predicted octanol–water partition coefficient (Wildman–Crippen LogP) is 4.15. The zero-order valence-corrected chi connectivity index (χ0v) is 13.9. The minimum absolute atomic E-state index is 0.0598. The van der Waals surface area contributed by atoms with Crippen molar-refractivity contribution in [3.8, 4) is 0 Å². The van der Waals surface area contributed by atoms with Crippen LogP contribution >= 0.6 is 11.3 Å². The molecule has 1 aliphatic rings. The summed E-state index contributed by atoms with van der Waals surface area (Å²) in [6, 6.07) is 7.67. The first-order valence-corrected chi connectivity index (χ1v) is 8.24. The molecule has 1 saturated heterocycles. The molecule has 5 heteroatoms. The fraction of sp³-hybridized carbons (Fsp3) is 0.471. The fourth-order valence-electron chi connectivity index (χ4n) is 2.37. The lowest BCUT2D eigenvalue weighted by Gasteiger charge is -2.34. The number of thiophene rings is 1. The van der Waals surface area contributed by atoms with Crippen molar-refractivity contribution in [2.75, 3.05) is 19.8 Å². The summed E-state index contributed by atoms with van der Waals surface area (Å²) in [5.74, 6) is -0.286. The highest BCUT2D eigenvalue weighted by Gasteiger charge is 2.30. The van der Waals surface area contributed by atoms with Crippen LogP contribution in [0.2, 0.25) is 0 Å². The van der Waals surface area contributed by atoms with Crippen LogP contribution in [0, 0.1) is 5.41 Å². The predicted molar refractivity (Wildman–Crippen MR) is 86.2 cm³/mol. The van der Waals surface area contributed by atoms with E-state index in [1.165, 1.54) is 0 Å². The van der Waals surface area contributed by atoms with Gasteiger partial charge in [-0.1, -0.05) is 19.9 Å². The topological polar surface area (TPSA) is 44.8 Å². The molecule has 0 spiro atoms. The summed E-state index contributed by atoms with van der Waals surface area (Å²) in [7, 11) is 0. The Hall–Kier alpha value is -1.43. The van der Waals surface area contributed by atoms with Crippen molar-refractivity contribution < 1.29 is 19.0 Å². The molecule has 22 heavy (non-hydrogen) atoms. The third-order valence-electron chi connectivity index (χ3n) is 3.53. The number of benzene rings is 1. The number of fused-ring (bicyclic) bond motifs is 1. The van der Waals surface area contributed by atoms with Crippen molar-refractivity contribution in [2.24, 2.45) is 5.41 Å². The molecule has 0 bridgehead atoms. The highest BCUT2D eigenvalue weighted by atomic mass is 32.1. The normalized spacial score (nSPS) is 18.5. The zero-order chi connectivity index (χ0) is 15.7. The monoisotopic (exact) mass is 320 g/mol. The number of hydrogen-bond donors (Lipinski definition) is 0. The van der Waals surface area contributed by atoms with Gasteiger partial charge in [0.2, 0.25) is 0 Å². The van der Waals surface area contributed by atoms with Crippen molar-refractivity contribution >= 4 is 27.4 Å². The van der Waals surface area contributed by atoms with Crippen LogP contribution in [0.5, 0.6) is 0 Å². The van der Waals surface area contributed by atoms with Gasteiger partial charge in [0.1, 0.15) is 0 Å². The molecule has 0 radical (unpaired) electrons. The molecule has 1 fully saturated rings. The van der Waals surface area contributed by atoms with E-state index in [0.717, 1.165) is 15.0 Å². The third-order valence-corrected chi connectivity index (χ3v) is 4.65.